The van der Waals surface area contributed by atoms with Gasteiger partial charge in [-0.15, -0.1) is 0 Å². The van der Waals surface area contributed by atoms with Crippen LogP contribution in [-0.4, -0.2) is 42.0 Å². The third-order valence-corrected chi connectivity index (χ3v) is 6.15. The first kappa shape index (κ1) is 27.5. The molecule has 0 aliphatic heterocycles. The molecule has 0 saturated carbocycles. The molecule has 3 aromatic rings. The van der Waals surface area contributed by atoms with Crippen LogP contribution in [0.15, 0.2) is 78.9 Å². The molecule has 3 rings (SSSR count). The first-order chi connectivity index (χ1) is 17.1. The van der Waals surface area contributed by atoms with Crippen molar-refractivity contribution in [2.24, 2.45) is 0 Å². The second kappa shape index (κ2) is 12.8. The molecule has 0 saturated heterocycles. The monoisotopic (exact) mass is 600 g/mol. The van der Waals surface area contributed by atoms with Gasteiger partial charge in [0.05, 0.1) is 7.11 Å². The SMILES string of the molecule is COc1cccc(CN(C(=O)COc2ccc(I)cc2)C(Cc2ccccc2)C(=O)NC(C)(C)C)c1. The normalized spacial score (nSPS) is 11.9. The van der Waals surface area contributed by atoms with Crippen LogP contribution in [0, 0.1) is 3.57 Å². The zero-order valence-electron chi connectivity index (χ0n) is 21.2. The standard InChI is InChI=1S/C29H33IN2O4/c1-29(2,3)31-28(34)26(18-21-9-6-5-7-10-21)32(19-22-11-8-12-25(17-22)35-4)27(33)20-36-24-15-13-23(30)14-16-24/h5-17,26H,18-20H2,1-4H3,(H,31,34). The molecule has 0 radical (unpaired) electrons. The molecule has 0 aliphatic rings. The molecule has 0 spiro atoms. The van der Waals surface area contributed by atoms with Crippen molar-refractivity contribution >= 4 is 34.4 Å². The second-order valence-corrected chi connectivity index (χ2v) is 10.8. The van der Waals surface area contributed by atoms with Crippen LogP contribution in [0.25, 0.3) is 0 Å². The zero-order valence-corrected chi connectivity index (χ0v) is 23.3. The van der Waals surface area contributed by atoms with Crippen molar-refractivity contribution in [2.45, 2.75) is 45.3 Å². The van der Waals surface area contributed by atoms with E-state index in [1.54, 1.807) is 12.0 Å². The van der Waals surface area contributed by atoms with Crippen molar-refractivity contribution in [1.82, 2.24) is 10.2 Å². The van der Waals surface area contributed by atoms with E-state index in [-0.39, 0.29) is 25.0 Å². The van der Waals surface area contributed by atoms with E-state index in [1.165, 1.54) is 0 Å². The number of amides is 2. The Morgan fingerprint density at radius 3 is 2.22 bits per heavy atom. The van der Waals surface area contributed by atoms with Crippen LogP contribution in [0.2, 0.25) is 0 Å². The maximum atomic E-state index is 13.6. The third kappa shape index (κ3) is 8.55. The van der Waals surface area contributed by atoms with E-state index in [2.05, 4.69) is 27.9 Å². The first-order valence-electron chi connectivity index (χ1n) is 11.8. The van der Waals surface area contributed by atoms with Crippen molar-refractivity contribution < 1.29 is 19.1 Å². The zero-order chi connectivity index (χ0) is 26.1. The van der Waals surface area contributed by atoms with Gasteiger partial charge in [-0.05, 0) is 90.9 Å². The Balaban J connectivity index is 1.93. The molecule has 7 heteroatoms. The van der Waals surface area contributed by atoms with E-state index in [4.69, 9.17) is 9.47 Å². The number of halogens is 1. The van der Waals surface area contributed by atoms with E-state index in [9.17, 15) is 9.59 Å². The van der Waals surface area contributed by atoms with Gasteiger partial charge in [-0.25, -0.2) is 0 Å². The fourth-order valence-electron chi connectivity index (χ4n) is 3.73. The number of nitrogens with one attached hydrogen (secondary N) is 1. The van der Waals surface area contributed by atoms with Crippen LogP contribution in [0.4, 0.5) is 0 Å². The van der Waals surface area contributed by atoms with Gasteiger partial charge in [-0.2, -0.15) is 0 Å². The Kier molecular flexibility index (Phi) is 9.75. The van der Waals surface area contributed by atoms with Crippen LogP contribution in [0.5, 0.6) is 11.5 Å². The minimum atomic E-state index is -0.731. The predicted molar refractivity (Wildman–Crippen MR) is 150 cm³/mol. The fourth-order valence-corrected chi connectivity index (χ4v) is 4.09. The molecule has 0 bridgehead atoms. The second-order valence-electron chi connectivity index (χ2n) is 9.56. The molecule has 1 unspecified atom stereocenters. The van der Waals surface area contributed by atoms with E-state index in [1.807, 2.05) is 99.6 Å². The van der Waals surface area contributed by atoms with Gasteiger partial charge in [0.1, 0.15) is 17.5 Å². The smallest absolute Gasteiger partial charge is 0.261 e. The Labute approximate surface area is 227 Å². The van der Waals surface area contributed by atoms with Gasteiger partial charge in [0.25, 0.3) is 5.91 Å². The highest BCUT2D eigenvalue weighted by Gasteiger charge is 2.32. The summed E-state index contributed by atoms with van der Waals surface area (Å²) in [5.74, 6) is 0.802. The van der Waals surface area contributed by atoms with Crippen LogP contribution in [0.3, 0.4) is 0 Å². The van der Waals surface area contributed by atoms with E-state index < -0.39 is 11.6 Å². The summed E-state index contributed by atoms with van der Waals surface area (Å²) in [5.41, 5.74) is 1.38. The Morgan fingerprint density at radius 1 is 0.917 bits per heavy atom. The summed E-state index contributed by atoms with van der Waals surface area (Å²) in [6.45, 7) is 5.84. The molecule has 3 aromatic carbocycles. The van der Waals surface area contributed by atoms with E-state index >= 15 is 0 Å². The lowest BCUT2D eigenvalue weighted by atomic mass is 10.0. The summed E-state index contributed by atoms with van der Waals surface area (Å²) in [4.78, 5) is 28.8. The van der Waals surface area contributed by atoms with Gasteiger partial charge in [0.2, 0.25) is 5.91 Å². The summed E-state index contributed by atoms with van der Waals surface area (Å²) in [7, 11) is 1.60. The molecule has 0 aromatic heterocycles. The summed E-state index contributed by atoms with van der Waals surface area (Å²) in [6, 6.07) is 24.0. The lowest BCUT2D eigenvalue weighted by Crippen LogP contribution is -2.55. The van der Waals surface area contributed by atoms with Crippen LogP contribution in [-0.2, 0) is 22.6 Å². The topological polar surface area (TPSA) is 67.9 Å². The highest BCUT2D eigenvalue weighted by molar-refractivity contribution is 14.1. The quantitative estimate of drug-likeness (QED) is 0.324. The lowest BCUT2D eigenvalue weighted by molar-refractivity contribution is -0.143. The van der Waals surface area contributed by atoms with Crippen molar-refractivity contribution in [2.75, 3.05) is 13.7 Å². The number of carbonyl (C=O) groups excluding carboxylic acids is 2. The number of hydrogen-bond donors (Lipinski definition) is 1. The molecule has 2 amide bonds. The first-order valence-corrected chi connectivity index (χ1v) is 12.9. The maximum Gasteiger partial charge on any atom is 0.261 e. The highest BCUT2D eigenvalue weighted by Crippen LogP contribution is 2.20. The number of nitrogens with zero attached hydrogens (tertiary/aromatic N) is 1. The largest absolute Gasteiger partial charge is 0.497 e. The van der Waals surface area contributed by atoms with E-state index in [0.717, 1.165) is 14.7 Å². The number of benzene rings is 3. The highest BCUT2D eigenvalue weighted by atomic mass is 127. The molecule has 36 heavy (non-hydrogen) atoms. The molecular formula is C29H33IN2O4. The maximum absolute atomic E-state index is 13.6. The van der Waals surface area contributed by atoms with Crippen molar-refractivity contribution in [3.63, 3.8) is 0 Å². The Morgan fingerprint density at radius 2 is 1.58 bits per heavy atom. The Hall–Kier alpha value is -3.07. The summed E-state index contributed by atoms with van der Waals surface area (Å²) in [6.07, 6.45) is 0.377. The van der Waals surface area contributed by atoms with Gasteiger partial charge in [-0.1, -0.05) is 42.5 Å². The number of ether oxygens (including phenoxy) is 2. The van der Waals surface area contributed by atoms with Gasteiger partial charge in [0.15, 0.2) is 6.61 Å². The molecule has 6 nitrogen and oxygen atoms in total. The number of rotatable bonds is 10. The average Bonchev–Trinajstić information content (AvgIpc) is 2.85. The average molecular weight is 600 g/mol. The predicted octanol–water partition coefficient (Wildman–Crippen LogP) is 5.23. The molecule has 0 fully saturated rings. The van der Waals surface area contributed by atoms with Gasteiger partial charge in [0, 0.05) is 22.1 Å². The minimum Gasteiger partial charge on any atom is -0.497 e. The van der Waals surface area contributed by atoms with Crippen LogP contribution >= 0.6 is 22.6 Å². The van der Waals surface area contributed by atoms with Crippen molar-refractivity contribution in [3.05, 3.63) is 93.6 Å². The van der Waals surface area contributed by atoms with Crippen molar-refractivity contribution in [3.8, 4) is 11.5 Å². The van der Waals surface area contributed by atoms with Crippen LogP contribution < -0.4 is 14.8 Å². The van der Waals surface area contributed by atoms with E-state index in [0.29, 0.717) is 17.9 Å². The minimum absolute atomic E-state index is 0.182. The molecule has 0 aliphatic carbocycles. The van der Waals surface area contributed by atoms with Crippen LogP contribution in [0.1, 0.15) is 31.9 Å². The van der Waals surface area contributed by atoms with Gasteiger partial charge in [-0.3, -0.25) is 9.59 Å². The lowest BCUT2D eigenvalue weighted by Gasteiger charge is -2.33. The molecular weight excluding hydrogens is 567 g/mol. The van der Waals surface area contributed by atoms with Gasteiger partial charge < -0.3 is 19.7 Å². The number of carbonyl (C=O) groups is 2. The Bertz CT molecular complexity index is 1140. The summed E-state index contributed by atoms with van der Waals surface area (Å²) in [5, 5.41) is 3.06. The number of hydrogen-bond acceptors (Lipinski definition) is 4. The molecule has 0 heterocycles. The fraction of sp³-hybridized carbons (Fsp3) is 0.310. The summed E-state index contributed by atoms with van der Waals surface area (Å²) < 4.78 is 12.3. The van der Waals surface area contributed by atoms with Crippen molar-refractivity contribution in [1.29, 1.82) is 0 Å². The molecule has 190 valence electrons. The third-order valence-electron chi connectivity index (χ3n) is 5.43. The summed E-state index contributed by atoms with van der Waals surface area (Å²) >= 11 is 2.22. The van der Waals surface area contributed by atoms with Gasteiger partial charge >= 0.3 is 0 Å². The molecule has 1 N–H and O–H groups in total. The molecule has 1 atom stereocenters. The number of methoxy groups -OCH3 is 1.